The molecule has 0 aromatic carbocycles. The van der Waals surface area contributed by atoms with Gasteiger partial charge < -0.3 is 33.8 Å². The van der Waals surface area contributed by atoms with E-state index >= 15 is 0 Å². The van der Waals surface area contributed by atoms with E-state index in [2.05, 4.69) is 48.5 Å². The Balaban J connectivity index is 5.27. The van der Waals surface area contributed by atoms with Crippen LogP contribution in [0.2, 0.25) is 0 Å². The van der Waals surface area contributed by atoms with Crippen LogP contribution in [0, 0.1) is 17.8 Å². The Morgan fingerprint density at radius 1 is 0.296 bits per heavy atom. The number of carbonyl (C=O) groups excluding carboxylic acids is 4. The molecule has 0 saturated heterocycles. The third-order valence-corrected chi connectivity index (χ3v) is 21.0. The first kappa shape index (κ1) is 96.1. The van der Waals surface area contributed by atoms with E-state index < -0.39 is 97.5 Å². The van der Waals surface area contributed by atoms with Crippen LogP contribution in [0.15, 0.2) is 0 Å². The summed E-state index contributed by atoms with van der Waals surface area (Å²) in [4.78, 5) is 73.0. The van der Waals surface area contributed by atoms with E-state index in [4.69, 9.17) is 37.0 Å². The van der Waals surface area contributed by atoms with Crippen molar-refractivity contribution in [3.05, 3.63) is 0 Å². The van der Waals surface area contributed by atoms with Crippen molar-refractivity contribution in [3.63, 3.8) is 0 Å². The van der Waals surface area contributed by atoms with E-state index in [9.17, 15) is 43.2 Å². The summed E-state index contributed by atoms with van der Waals surface area (Å²) in [6, 6.07) is 0. The molecule has 0 saturated carbocycles. The number of hydrogen-bond acceptors (Lipinski definition) is 15. The van der Waals surface area contributed by atoms with Gasteiger partial charge >= 0.3 is 39.5 Å². The summed E-state index contributed by atoms with van der Waals surface area (Å²) in [7, 11) is -9.92. The summed E-state index contributed by atoms with van der Waals surface area (Å²) in [6.07, 6.45) is 56.7. The number of unbranched alkanes of at least 4 members (excludes halogenated alkanes) is 43. The third-order valence-electron chi connectivity index (χ3n) is 19.1. The number of phosphoric ester groups is 2. The Hall–Kier alpha value is -1.94. The van der Waals surface area contributed by atoms with Gasteiger partial charge in [-0.1, -0.05) is 357 Å². The lowest BCUT2D eigenvalue weighted by Gasteiger charge is -2.21. The maximum Gasteiger partial charge on any atom is 0.472 e. The monoisotopic (exact) mass is 1440 g/mol. The molecule has 0 rings (SSSR count). The molecule has 98 heavy (non-hydrogen) atoms. The van der Waals surface area contributed by atoms with E-state index in [0.717, 1.165) is 108 Å². The number of aliphatic hydroxyl groups is 1. The summed E-state index contributed by atoms with van der Waals surface area (Å²) in [5, 5.41) is 10.6. The van der Waals surface area contributed by atoms with E-state index in [1.807, 2.05) is 0 Å². The zero-order valence-corrected chi connectivity index (χ0v) is 66.0. The Labute approximate surface area is 600 Å². The second-order valence-corrected chi connectivity index (χ2v) is 32.3. The molecular formula is C79H154O17P2. The van der Waals surface area contributed by atoms with Gasteiger partial charge in [-0.2, -0.15) is 0 Å². The lowest BCUT2D eigenvalue weighted by molar-refractivity contribution is -0.161. The molecule has 0 radical (unpaired) electrons. The Morgan fingerprint density at radius 3 is 0.776 bits per heavy atom. The molecule has 19 heteroatoms. The number of aliphatic hydroxyl groups excluding tert-OH is 1. The molecule has 582 valence electrons. The molecule has 4 unspecified atom stereocenters. The maximum absolute atomic E-state index is 13.1. The number of hydrogen-bond donors (Lipinski definition) is 3. The van der Waals surface area contributed by atoms with Crippen LogP contribution >= 0.6 is 15.6 Å². The van der Waals surface area contributed by atoms with Crippen molar-refractivity contribution in [2.24, 2.45) is 17.8 Å². The average Bonchev–Trinajstić information content (AvgIpc) is 1.12. The van der Waals surface area contributed by atoms with Crippen LogP contribution < -0.4 is 0 Å². The molecular weight excluding hydrogens is 1280 g/mol. The lowest BCUT2D eigenvalue weighted by Crippen LogP contribution is -2.30. The van der Waals surface area contributed by atoms with E-state index in [1.54, 1.807) is 0 Å². The van der Waals surface area contributed by atoms with Gasteiger partial charge in [0.1, 0.15) is 19.3 Å². The van der Waals surface area contributed by atoms with Crippen LogP contribution in [0.1, 0.15) is 408 Å². The smallest absolute Gasteiger partial charge is 0.462 e. The zero-order valence-electron chi connectivity index (χ0n) is 64.3. The first-order valence-corrected chi connectivity index (χ1v) is 43.9. The molecule has 0 aromatic rings. The third kappa shape index (κ3) is 69.8. The van der Waals surface area contributed by atoms with Crippen LogP contribution in [0.25, 0.3) is 0 Å². The highest BCUT2D eigenvalue weighted by atomic mass is 31.2. The van der Waals surface area contributed by atoms with Gasteiger partial charge in [0.15, 0.2) is 12.2 Å². The van der Waals surface area contributed by atoms with Crippen molar-refractivity contribution in [2.45, 2.75) is 426 Å². The number of ether oxygens (including phenoxy) is 4. The van der Waals surface area contributed by atoms with E-state index in [1.165, 1.54) is 218 Å². The van der Waals surface area contributed by atoms with Crippen molar-refractivity contribution >= 4 is 39.5 Å². The minimum absolute atomic E-state index is 0.106. The minimum Gasteiger partial charge on any atom is -0.462 e. The standard InChI is InChI=1S/C79H154O17P2/c1-8-11-12-13-14-15-16-17-18-22-25-31-39-46-53-60-76(81)89-66-74(95-78(83)62-55-48-41-32-26-23-20-19-21-24-29-37-44-51-58-71(6)9-2)68-93-97(85,86)91-64-73(80)65-92-98(87,88)94-69-75(67-90-77(82)61-54-47-40-35-34-36-43-50-57-70(4)5)96-79(84)63-56-49-42-33-28-27-30-38-45-52-59-72(7)10-3/h70-75,80H,8-69H2,1-7H3,(H,85,86)(H,87,88)/t71?,72?,73-,74-,75-/m1/s1. The molecule has 17 nitrogen and oxygen atoms in total. The Morgan fingerprint density at radius 2 is 0.520 bits per heavy atom. The first-order chi connectivity index (χ1) is 47.3. The van der Waals surface area contributed by atoms with Gasteiger partial charge in [-0.05, 0) is 43.4 Å². The second-order valence-electron chi connectivity index (χ2n) is 29.4. The van der Waals surface area contributed by atoms with Crippen molar-refractivity contribution < 1.29 is 80.2 Å². The Bertz CT molecular complexity index is 1910. The summed E-state index contributed by atoms with van der Waals surface area (Å²) in [5.41, 5.74) is 0. The summed E-state index contributed by atoms with van der Waals surface area (Å²) in [5.74, 6) is 0.262. The van der Waals surface area contributed by atoms with Crippen LogP contribution in [-0.2, 0) is 65.4 Å². The summed E-state index contributed by atoms with van der Waals surface area (Å²) < 4.78 is 68.7. The molecule has 7 atom stereocenters. The number of carbonyl (C=O) groups is 4. The van der Waals surface area contributed by atoms with Crippen LogP contribution in [0.3, 0.4) is 0 Å². The highest BCUT2D eigenvalue weighted by molar-refractivity contribution is 7.47. The minimum atomic E-state index is -4.96. The predicted molar refractivity (Wildman–Crippen MR) is 400 cm³/mol. The number of esters is 4. The molecule has 0 aliphatic rings. The van der Waals surface area contributed by atoms with E-state index in [-0.39, 0.29) is 25.7 Å². The van der Waals surface area contributed by atoms with Crippen molar-refractivity contribution in [3.8, 4) is 0 Å². The molecule has 3 N–H and O–H groups in total. The lowest BCUT2D eigenvalue weighted by atomic mass is 9.99. The highest BCUT2D eigenvalue weighted by Gasteiger charge is 2.30. The van der Waals surface area contributed by atoms with Crippen molar-refractivity contribution in [2.75, 3.05) is 39.6 Å². The van der Waals surface area contributed by atoms with Gasteiger partial charge in [0.05, 0.1) is 26.4 Å². The van der Waals surface area contributed by atoms with Gasteiger partial charge in [-0.15, -0.1) is 0 Å². The molecule has 0 fully saturated rings. The summed E-state index contributed by atoms with van der Waals surface area (Å²) >= 11 is 0. The topological polar surface area (TPSA) is 237 Å². The predicted octanol–water partition coefficient (Wildman–Crippen LogP) is 23.4. The van der Waals surface area contributed by atoms with Gasteiger partial charge in [-0.25, -0.2) is 9.13 Å². The Kier molecular flexibility index (Phi) is 68.1. The molecule has 0 amide bonds. The summed E-state index contributed by atoms with van der Waals surface area (Å²) in [6.45, 7) is 12.0. The normalized spacial score (nSPS) is 14.6. The van der Waals surface area contributed by atoms with Crippen LogP contribution in [0.5, 0.6) is 0 Å². The quantitative estimate of drug-likeness (QED) is 0.0222. The fraction of sp³-hybridized carbons (Fsp3) is 0.949. The maximum atomic E-state index is 13.1. The first-order valence-electron chi connectivity index (χ1n) is 40.9. The van der Waals surface area contributed by atoms with Crippen molar-refractivity contribution in [1.29, 1.82) is 0 Å². The van der Waals surface area contributed by atoms with Crippen LogP contribution in [0.4, 0.5) is 0 Å². The van der Waals surface area contributed by atoms with Gasteiger partial charge in [-0.3, -0.25) is 37.3 Å². The second kappa shape index (κ2) is 69.4. The van der Waals surface area contributed by atoms with Crippen molar-refractivity contribution in [1.82, 2.24) is 0 Å². The van der Waals surface area contributed by atoms with Crippen LogP contribution in [-0.4, -0.2) is 96.7 Å². The zero-order chi connectivity index (χ0) is 72.3. The molecule has 0 spiro atoms. The SMILES string of the molecule is CCCCCCCCCCCCCCCCCC(=O)OC[C@H](COP(=O)(O)OC[C@@H](O)COP(=O)(O)OC[C@@H](COC(=O)CCCCCCCCCCC(C)C)OC(=O)CCCCCCCCCCCCC(C)CC)OC(=O)CCCCCCCCCCCCCCCCC(C)CC. The average molecular weight is 1440 g/mol. The molecule has 0 heterocycles. The molecule has 0 bridgehead atoms. The highest BCUT2D eigenvalue weighted by Crippen LogP contribution is 2.45. The number of rotatable bonds is 77. The number of phosphoric acid groups is 2. The van der Waals surface area contributed by atoms with Gasteiger partial charge in [0.25, 0.3) is 0 Å². The fourth-order valence-electron chi connectivity index (χ4n) is 12.1. The fourth-order valence-corrected chi connectivity index (χ4v) is 13.6. The van der Waals surface area contributed by atoms with Gasteiger partial charge in [0, 0.05) is 25.7 Å². The van der Waals surface area contributed by atoms with E-state index in [0.29, 0.717) is 25.7 Å². The molecule has 0 aromatic heterocycles. The molecule has 0 aliphatic carbocycles. The largest absolute Gasteiger partial charge is 0.472 e. The van der Waals surface area contributed by atoms with Gasteiger partial charge in [0.2, 0.25) is 0 Å². The molecule has 0 aliphatic heterocycles.